The van der Waals surface area contributed by atoms with E-state index in [0.717, 1.165) is 22.2 Å². The van der Waals surface area contributed by atoms with Gasteiger partial charge in [-0.1, -0.05) is 12.1 Å². The zero-order valence-corrected chi connectivity index (χ0v) is 16.6. The Morgan fingerprint density at radius 2 is 1.97 bits per heavy atom. The first-order valence-electron chi connectivity index (χ1n) is 9.88. The van der Waals surface area contributed by atoms with Gasteiger partial charge in [0.2, 0.25) is 11.8 Å². The summed E-state index contributed by atoms with van der Waals surface area (Å²) in [4.78, 5) is 41.4. The summed E-state index contributed by atoms with van der Waals surface area (Å²) in [7, 11) is 0. The third kappa shape index (κ3) is 4.10. The fourth-order valence-corrected chi connectivity index (χ4v) is 3.82. The highest BCUT2D eigenvalue weighted by Crippen LogP contribution is 2.28. The Balaban J connectivity index is 1.36. The van der Waals surface area contributed by atoms with E-state index in [1.54, 1.807) is 35.2 Å². The lowest BCUT2D eigenvalue weighted by Gasteiger charge is -2.27. The number of anilines is 1. The fraction of sp³-hybridized carbons (Fsp3) is 0.261. The molecule has 0 saturated heterocycles. The predicted molar refractivity (Wildman–Crippen MR) is 112 cm³/mol. The highest BCUT2D eigenvalue weighted by molar-refractivity contribution is 5.97. The maximum absolute atomic E-state index is 13.6. The minimum Gasteiger partial charge on any atom is -0.358 e. The first-order valence-corrected chi connectivity index (χ1v) is 9.88. The molecule has 2 amide bonds. The Morgan fingerprint density at radius 3 is 2.77 bits per heavy atom. The van der Waals surface area contributed by atoms with Crippen molar-refractivity contribution in [1.29, 1.82) is 0 Å². The monoisotopic (exact) mass is 407 g/mol. The van der Waals surface area contributed by atoms with Gasteiger partial charge in [0, 0.05) is 65.8 Å². The largest absolute Gasteiger partial charge is 0.358 e. The molecular formula is C23H22FN3O3. The molecule has 0 aliphatic carbocycles. The Morgan fingerprint density at radius 1 is 1.13 bits per heavy atom. The molecular weight excluding hydrogens is 385 g/mol. The number of hydrogen-bond acceptors (Lipinski definition) is 3. The van der Waals surface area contributed by atoms with Crippen molar-refractivity contribution >= 4 is 34.2 Å². The van der Waals surface area contributed by atoms with Gasteiger partial charge in [0.1, 0.15) is 5.82 Å². The number of rotatable bonds is 5. The molecule has 0 atom stereocenters. The number of amides is 2. The van der Waals surface area contributed by atoms with E-state index in [9.17, 15) is 18.8 Å². The van der Waals surface area contributed by atoms with Gasteiger partial charge in [-0.25, -0.2) is 4.39 Å². The summed E-state index contributed by atoms with van der Waals surface area (Å²) in [6.45, 7) is 2.43. The number of nitrogens with one attached hydrogen (secondary N) is 2. The predicted octanol–water partition coefficient (Wildman–Crippen LogP) is 3.81. The van der Waals surface area contributed by atoms with E-state index >= 15 is 0 Å². The number of hydrogen-bond donors (Lipinski definition) is 2. The number of aromatic nitrogens is 1. The average molecular weight is 407 g/mol. The molecule has 1 aromatic heterocycles. The van der Waals surface area contributed by atoms with Crippen LogP contribution in [0.25, 0.3) is 10.9 Å². The van der Waals surface area contributed by atoms with Crippen LogP contribution in [0.1, 0.15) is 41.4 Å². The second-order valence-electron chi connectivity index (χ2n) is 7.52. The highest BCUT2D eigenvalue weighted by atomic mass is 19.1. The number of halogens is 1. The van der Waals surface area contributed by atoms with Crippen LogP contribution in [-0.2, 0) is 22.6 Å². The first kappa shape index (κ1) is 19.8. The lowest BCUT2D eigenvalue weighted by molar-refractivity contribution is -0.133. The molecule has 2 heterocycles. The fourth-order valence-electron chi connectivity index (χ4n) is 3.82. The number of aromatic amines is 1. The molecule has 0 spiro atoms. The van der Waals surface area contributed by atoms with Crippen molar-refractivity contribution < 1.29 is 18.8 Å². The lowest BCUT2D eigenvalue weighted by atomic mass is 10.0. The molecule has 154 valence electrons. The van der Waals surface area contributed by atoms with Crippen LogP contribution in [0.15, 0.2) is 42.5 Å². The minimum absolute atomic E-state index is 0.0506. The number of fused-ring (bicyclic) bond motifs is 3. The summed E-state index contributed by atoms with van der Waals surface area (Å²) in [6.07, 6.45) is 0.806. The molecule has 0 saturated carbocycles. The van der Waals surface area contributed by atoms with Gasteiger partial charge in [0.15, 0.2) is 5.78 Å². The van der Waals surface area contributed by atoms with Crippen molar-refractivity contribution in [2.45, 2.75) is 32.7 Å². The molecule has 0 fully saturated rings. The first-order chi connectivity index (χ1) is 14.4. The number of carbonyl (C=O) groups is 3. The maximum atomic E-state index is 13.6. The van der Waals surface area contributed by atoms with E-state index in [-0.39, 0.29) is 36.3 Å². The smallest absolute Gasteiger partial charge is 0.224 e. The minimum atomic E-state index is -0.307. The second kappa shape index (κ2) is 8.10. The van der Waals surface area contributed by atoms with Crippen LogP contribution in [0.5, 0.6) is 0 Å². The molecule has 1 aliphatic rings. The summed E-state index contributed by atoms with van der Waals surface area (Å²) in [5.74, 6) is -0.781. The standard InChI is InChI=1S/C23H22FN3O3/c1-14(28)15-3-2-4-17(11-15)25-22(29)7-8-23(30)27-10-9-21-19(13-27)18-12-16(24)5-6-20(18)26-21/h2-6,11-12,26H,7-10,13H2,1H3,(H,25,29). The molecule has 6 nitrogen and oxygen atoms in total. The molecule has 7 heteroatoms. The lowest BCUT2D eigenvalue weighted by Crippen LogP contribution is -2.36. The number of nitrogens with zero attached hydrogens (tertiary/aromatic N) is 1. The van der Waals surface area contributed by atoms with Gasteiger partial charge in [-0.3, -0.25) is 14.4 Å². The van der Waals surface area contributed by atoms with Gasteiger partial charge >= 0.3 is 0 Å². The molecule has 1 aliphatic heterocycles. The van der Waals surface area contributed by atoms with Gasteiger partial charge in [0.25, 0.3) is 0 Å². The van der Waals surface area contributed by atoms with Crippen molar-refractivity contribution in [1.82, 2.24) is 9.88 Å². The molecule has 0 bridgehead atoms. The number of Topliss-reactive ketones (excluding diaryl/α,β-unsaturated/α-hetero) is 1. The van der Waals surface area contributed by atoms with Crippen molar-refractivity contribution in [3.05, 3.63) is 65.1 Å². The average Bonchev–Trinajstić information content (AvgIpc) is 3.09. The van der Waals surface area contributed by atoms with Crippen molar-refractivity contribution in [3.8, 4) is 0 Å². The van der Waals surface area contributed by atoms with Crippen molar-refractivity contribution in [3.63, 3.8) is 0 Å². The van der Waals surface area contributed by atoms with Crippen LogP contribution in [0.3, 0.4) is 0 Å². The summed E-state index contributed by atoms with van der Waals surface area (Å²) >= 11 is 0. The van der Waals surface area contributed by atoms with Crippen LogP contribution >= 0.6 is 0 Å². The molecule has 0 radical (unpaired) electrons. The number of benzene rings is 2. The van der Waals surface area contributed by atoms with Crippen molar-refractivity contribution in [2.75, 3.05) is 11.9 Å². The molecule has 2 N–H and O–H groups in total. The SMILES string of the molecule is CC(=O)c1cccc(NC(=O)CCC(=O)N2CCc3[nH]c4ccc(F)cc4c3C2)c1. The number of ketones is 1. The third-order valence-corrected chi connectivity index (χ3v) is 5.41. The van der Waals surface area contributed by atoms with Crippen molar-refractivity contribution in [2.24, 2.45) is 0 Å². The van der Waals surface area contributed by atoms with Crippen LogP contribution in [0.4, 0.5) is 10.1 Å². The number of H-pyrrole nitrogens is 1. The van der Waals surface area contributed by atoms with Crippen LogP contribution in [0, 0.1) is 5.82 Å². The molecule has 2 aromatic carbocycles. The third-order valence-electron chi connectivity index (χ3n) is 5.41. The zero-order valence-electron chi connectivity index (χ0n) is 16.6. The van der Waals surface area contributed by atoms with E-state index in [1.807, 2.05) is 0 Å². The zero-order chi connectivity index (χ0) is 21.3. The van der Waals surface area contributed by atoms with Crippen LogP contribution in [-0.4, -0.2) is 34.0 Å². The Bertz CT molecular complexity index is 1150. The quantitative estimate of drug-likeness (QED) is 0.631. The van der Waals surface area contributed by atoms with Gasteiger partial charge < -0.3 is 15.2 Å². The molecule has 30 heavy (non-hydrogen) atoms. The number of carbonyl (C=O) groups excluding carboxylic acids is 3. The summed E-state index contributed by atoms with van der Waals surface area (Å²) in [5, 5.41) is 3.53. The normalized spacial score (nSPS) is 13.2. The molecule has 4 rings (SSSR count). The maximum Gasteiger partial charge on any atom is 0.224 e. The van der Waals surface area contributed by atoms with Crippen LogP contribution in [0.2, 0.25) is 0 Å². The van der Waals surface area contributed by atoms with Gasteiger partial charge in [0.05, 0.1) is 0 Å². The highest BCUT2D eigenvalue weighted by Gasteiger charge is 2.24. The van der Waals surface area contributed by atoms with E-state index in [4.69, 9.17) is 0 Å². The van der Waals surface area contributed by atoms with E-state index in [1.165, 1.54) is 19.1 Å². The molecule has 0 unspecified atom stereocenters. The van der Waals surface area contributed by atoms with Gasteiger partial charge in [-0.15, -0.1) is 0 Å². The van der Waals surface area contributed by atoms with E-state index in [0.29, 0.717) is 30.8 Å². The Labute approximate surface area is 173 Å². The van der Waals surface area contributed by atoms with Gasteiger partial charge in [-0.2, -0.15) is 0 Å². The summed E-state index contributed by atoms with van der Waals surface area (Å²) in [5.41, 5.74) is 3.88. The van der Waals surface area contributed by atoms with Gasteiger partial charge in [-0.05, 0) is 37.3 Å². The summed E-state index contributed by atoms with van der Waals surface area (Å²) in [6, 6.07) is 11.3. The van der Waals surface area contributed by atoms with Crippen LogP contribution < -0.4 is 5.32 Å². The Kier molecular flexibility index (Phi) is 5.35. The molecule has 3 aromatic rings. The van der Waals surface area contributed by atoms with E-state index < -0.39 is 0 Å². The topological polar surface area (TPSA) is 82.3 Å². The van der Waals surface area contributed by atoms with E-state index in [2.05, 4.69) is 10.3 Å². The summed E-state index contributed by atoms with van der Waals surface area (Å²) < 4.78 is 13.6. The Hall–Kier alpha value is -3.48. The second-order valence-corrected chi connectivity index (χ2v) is 7.52.